The Morgan fingerprint density at radius 3 is 2.56 bits per heavy atom. The maximum Gasteiger partial charge on any atom is 0.263 e. The number of nitriles is 1. The summed E-state index contributed by atoms with van der Waals surface area (Å²) >= 11 is 0. The summed E-state index contributed by atoms with van der Waals surface area (Å²) in [6.45, 7) is 1.52. The topological polar surface area (TPSA) is 94.9 Å². The normalized spacial score (nSPS) is 10.9. The fourth-order valence-corrected chi connectivity index (χ4v) is 3.72. The molecular formula is C19H15FN4O2S. The molecule has 0 radical (unpaired) electrons. The van der Waals surface area contributed by atoms with Crippen molar-refractivity contribution < 1.29 is 12.8 Å². The first-order valence-electron chi connectivity index (χ1n) is 7.90. The van der Waals surface area contributed by atoms with Crippen molar-refractivity contribution in [2.75, 3.05) is 10.0 Å². The number of rotatable bonds is 5. The fourth-order valence-electron chi connectivity index (χ4n) is 2.48. The third kappa shape index (κ3) is 4.22. The molecule has 0 aliphatic carbocycles. The molecule has 1 heterocycles. The van der Waals surface area contributed by atoms with Crippen molar-refractivity contribution in [1.29, 1.82) is 5.26 Å². The van der Waals surface area contributed by atoms with Gasteiger partial charge in [-0.25, -0.2) is 17.8 Å². The van der Waals surface area contributed by atoms with Crippen molar-refractivity contribution in [3.8, 4) is 6.07 Å². The van der Waals surface area contributed by atoms with Crippen LogP contribution in [-0.4, -0.2) is 13.4 Å². The van der Waals surface area contributed by atoms with Gasteiger partial charge in [0.15, 0.2) is 0 Å². The Hall–Kier alpha value is -3.44. The van der Waals surface area contributed by atoms with Crippen LogP contribution >= 0.6 is 0 Å². The number of aryl methyl sites for hydroxylation is 1. The molecule has 0 saturated heterocycles. The number of nitrogens with one attached hydrogen (secondary N) is 2. The van der Waals surface area contributed by atoms with Gasteiger partial charge in [0.1, 0.15) is 17.7 Å². The van der Waals surface area contributed by atoms with Gasteiger partial charge in [-0.2, -0.15) is 5.26 Å². The molecule has 3 aromatic rings. The van der Waals surface area contributed by atoms with Gasteiger partial charge in [-0.3, -0.25) is 4.72 Å². The zero-order valence-electron chi connectivity index (χ0n) is 14.3. The number of benzene rings is 2. The number of halogens is 1. The van der Waals surface area contributed by atoms with Crippen LogP contribution in [-0.2, 0) is 10.0 Å². The lowest BCUT2D eigenvalue weighted by atomic mass is 10.2. The number of para-hydroxylation sites is 1. The smallest absolute Gasteiger partial charge is 0.263 e. The largest absolute Gasteiger partial charge is 0.353 e. The molecular weight excluding hydrogens is 367 g/mol. The quantitative estimate of drug-likeness (QED) is 0.697. The molecule has 0 aliphatic heterocycles. The molecule has 0 fully saturated rings. The lowest BCUT2D eigenvalue weighted by molar-refractivity contribution is 0.598. The SMILES string of the molecule is Cc1cc(F)ccc1S(=O)(=O)Nc1ccc(Nc2ccccc2C#N)cn1. The van der Waals surface area contributed by atoms with E-state index in [1.165, 1.54) is 25.3 Å². The van der Waals surface area contributed by atoms with Crippen LogP contribution in [0.4, 0.5) is 21.6 Å². The van der Waals surface area contributed by atoms with E-state index in [-0.39, 0.29) is 10.7 Å². The van der Waals surface area contributed by atoms with Gasteiger partial charge in [-0.1, -0.05) is 12.1 Å². The lowest BCUT2D eigenvalue weighted by Gasteiger charge is -2.11. The maximum absolute atomic E-state index is 13.2. The van der Waals surface area contributed by atoms with Crippen LogP contribution in [0.1, 0.15) is 11.1 Å². The van der Waals surface area contributed by atoms with E-state index in [4.69, 9.17) is 5.26 Å². The van der Waals surface area contributed by atoms with Crippen molar-refractivity contribution in [1.82, 2.24) is 4.98 Å². The Morgan fingerprint density at radius 2 is 1.89 bits per heavy atom. The second-order valence-corrected chi connectivity index (χ2v) is 7.38. The summed E-state index contributed by atoms with van der Waals surface area (Å²) in [5.74, 6) is -0.379. The molecule has 27 heavy (non-hydrogen) atoms. The van der Waals surface area contributed by atoms with Gasteiger partial charge in [-0.15, -0.1) is 0 Å². The van der Waals surface area contributed by atoms with Crippen LogP contribution in [0.3, 0.4) is 0 Å². The van der Waals surface area contributed by atoms with Gasteiger partial charge in [0.2, 0.25) is 0 Å². The lowest BCUT2D eigenvalue weighted by Crippen LogP contribution is -2.15. The van der Waals surface area contributed by atoms with Crippen molar-refractivity contribution in [3.63, 3.8) is 0 Å². The average molecular weight is 382 g/mol. The molecule has 0 spiro atoms. The van der Waals surface area contributed by atoms with Crippen molar-refractivity contribution in [2.24, 2.45) is 0 Å². The number of aromatic nitrogens is 1. The molecule has 6 nitrogen and oxygen atoms in total. The summed E-state index contributed by atoms with van der Waals surface area (Å²) in [5.41, 5.74) is 2.00. The number of nitrogens with zero attached hydrogens (tertiary/aromatic N) is 2. The minimum Gasteiger partial charge on any atom is -0.353 e. The maximum atomic E-state index is 13.2. The van der Waals surface area contributed by atoms with E-state index >= 15 is 0 Å². The van der Waals surface area contributed by atoms with Gasteiger partial charge in [0.25, 0.3) is 10.0 Å². The van der Waals surface area contributed by atoms with E-state index in [0.717, 1.165) is 12.1 Å². The van der Waals surface area contributed by atoms with Crippen LogP contribution < -0.4 is 10.0 Å². The highest BCUT2D eigenvalue weighted by molar-refractivity contribution is 7.92. The van der Waals surface area contributed by atoms with E-state index in [2.05, 4.69) is 21.1 Å². The number of pyridine rings is 1. The van der Waals surface area contributed by atoms with E-state index in [9.17, 15) is 12.8 Å². The summed E-state index contributed by atoms with van der Waals surface area (Å²) in [6, 6.07) is 15.7. The first-order chi connectivity index (χ1) is 12.9. The predicted octanol–water partition coefficient (Wildman–Crippen LogP) is 3.95. The molecule has 0 atom stereocenters. The van der Waals surface area contributed by atoms with E-state index < -0.39 is 15.8 Å². The molecule has 0 saturated carbocycles. The summed E-state index contributed by atoms with van der Waals surface area (Å²) < 4.78 is 40.5. The van der Waals surface area contributed by atoms with Crippen LogP contribution in [0.5, 0.6) is 0 Å². The summed E-state index contributed by atoms with van der Waals surface area (Å²) in [7, 11) is -3.89. The van der Waals surface area contributed by atoms with Crippen LogP contribution in [0, 0.1) is 24.1 Å². The first-order valence-corrected chi connectivity index (χ1v) is 9.38. The Labute approximate surface area is 156 Å². The Kier molecular flexibility index (Phi) is 5.05. The Bertz CT molecular complexity index is 1120. The highest BCUT2D eigenvalue weighted by Gasteiger charge is 2.18. The van der Waals surface area contributed by atoms with E-state index in [0.29, 0.717) is 22.5 Å². The summed E-state index contributed by atoms with van der Waals surface area (Å²) in [6.07, 6.45) is 1.45. The predicted molar refractivity (Wildman–Crippen MR) is 101 cm³/mol. The van der Waals surface area contributed by atoms with Gasteiger partial charge >= 0.3 is 0 Å². The standard InChI is InChI=1S/C19H15FN4O2S/c1-13-10-15(20)6-8-18(13)27(25,26)24-19-9-7-16(12-22-19)23-17-5-3-2-4-14(17)11-21/h2-10,12,23H,1H3,(H,22,24). The van der Waals surface area contributed by atoms with Gasteiger partial charge in [-0.05, 0) is 55.0 Å². The highest BCUT2D eigenvalue weighted by Crippen LogP contribution is 2.22. The van der Waals surface area contributed by atoms with Gasteiger partial charge in [0, 0.05) is 0 Å². The molecule has 1 aromatic heterocycles. The van der Waals surface area contributed by atoms with E-state index in [1.807, 2.05) is 0 Å². The van der Waals surface area contributed by atoms with Crippen molar-refractivity contribution >= 4 is 27.2 Å². The zero-order chi connectivity index (χ0) is 19.4. The number of hydrogen-bond acceptors (Lipinski definition) is 5. The third-order valence-corrected chi connectivity index (χ3v) is 5.27. The first kappa shape index (κ1) is 18.4. The summed E-state index contributed by atoms with van der Waals surface area (Å²) in [5, 5.41) is 12.2. The van der Waals surface area contributed by atoms with Crippen molar-refractivity contribution in [2.45, 2.75) is 11.8 Å². The minimum absolute atomic E-state index is 0.0177. The van der Waals surface area contributed by atoms with Gasteiger partial charge in [0.05, 0.1) is 28.0 Å². The third-order valence-electron chi connectivity index (χ3n) is 3.76. The molecule has 8 heteroatoms. The average Bonchev–Trinajstić information content (AvgIpc) is 2.63. The highest BCUT2D eigenvalue weighted by atomic mass is 32.2. The summed E-state index contributed by atoms with van der Waals surface area (Å²) in [4.78, 5) is 4.06. The van der Waals surface area contributed by atoms with Crippen molar-refractivity contribution in [3.05, 3.63) is 77.7 Å². The number of hydrogen-bond donors (Lipinski definition) is 2. The van der Waals surface area contributed by atoms with Crippen LogP contribution in [0.25, 0.3) is 0 Å². The van der Waals surface area contributed by atoms with Crippen LogP contribution in [0.2, 0.25) is 0 Å². The molecule has 0 aliphatic rings. The van der Waals surface area contributed by atoms with E-state index in [1.54, 1.807) is 30.3 Å². The Morgan fingerprint density at radius 1 is 1.11 bits per heavy atom. The molecule has 0 bridgehead atoms. The molecule has 0 unspecified atom stereocenters. The molecule has 2 aromatic carbocycles. The van der Waals surface area contributed by atoms with Gasteiger partial charge < -0.3 is 5.32 Å². The minimum atomic E-state index is -3.89. The Balaban J connectivity index is 1.78. The second kappa shape index (κ2) is 7.43. The molecule has 136 valence electrons. The zero-order valence-corrected chi connectivity index (χ0v) is 15.1. The molecule has 2 N–H and O–H groups in total. The fraction of sp³-hybridized carbons (Fsp3) is 0.0526. The molecule has 0 amide bonds. The number of anilines is 3. The monoisotopic (exact) mass is 382 g/mol. The second-order valence-electron chi connectivity index (χ2n) is 5.73. The van der Waals surface area contributed by atoms with Crippen LogP contribution in [0.15, 0.2) is 65.7 Å². The molecule has 3 rings (SSSR count). The number of sulfonamides is 1.